The smallest absolute Gasteiger partial charge is 0.0864 e. The van der Waals surface area contributed by atoms with Gasteiger partial charge in [0.2, 0.25) is 0 Å². The maximum absolute atomic E-state index is 9.31. The lowest BCUT2D eigenvalue weighted by Crippen LogP contribution is -2.29. The lowest BCUT2D eigenvalue weighted by molar-refractivity contribution is 0.281. The Kier molecular flexibility index (Phi) is 8.64. The molecule has 5 aromatic rings. The average Bonchev–Trinajstić information content (AvgIpc) is 3.00. The zero-order chi connectivity index (χ0) is 27.9. The molecule has 0 amide bonds. The second-order valence-corrected chi connectivity index (χ2v) is 9.58. The first-order valence-corrected chi connectivity index (χ1v) is 13.8. The van der Waals surface area contributed by atoms with Crippen molar-refractivity contribution in [3.63, 3.8) is 0 Å². The van der Waals surface area contributed by atoms with Gasteiger partial charge in [0.1, 0.15) is 0 Å². The first-order chi connectivity index (χ1) is 19.6. The van der Waals surface area contributed by atoms with Crippen LogP contribution in [0, 0.1) is 0 Å². The minimum absolute atomic E-state index is 0.0231. The van der Waals surface area contributed by atoms with Crippen LogP contribution in [0.2, 0.25) is 0 Å². The zero-order valence-corrected chi connectivity index (χ0v) is 23.0. The number of benzene rings is 4. The monoisotopic (exact) mass is 533 g/mol. The van der Waals surface area contributed by atoms with E-state index in [9.17, 15) is 10.2 Å². The summed E-state index contributed by atoms with van der Waals surface area (Å²) in [5, 5.41) is 29.8. The van der Waals surface area contributed by atoms with E-state index >= 15 is 0 Å². The number of nitrogens with zero attached hydrogens (tertiary/aromatic N) is 5. The van der Waals surface area contributed by atoms with Crippen LogP contribution in [-0.2, 0) is 0 Å². The molecular formula is C33H35N5O2. The Balaban J connectivity index is 1.56. The van der Waals surface area contributed by atoms with E-state index in [1.165, 1.54) is 5.69 Å². The van der Waals surface area contributed by atoms with Gasteiger partial charge >= 0.3 is 0 Å². The Bertz CT molecular complexity index is 1590. The van der Waals surface area contributed by atoms with Crippen molar-refractivity contribution in [2.45, 2.75) is 13.8 Å². The fourth-order valence-electron chi connectivity index (χ4n) is 5.14. The molecule has 2 N–H and O–H groups in total. The highest BCUT2D eigenvalue weighted by atomic mass is 16.3. The molecule has 0 aliphatic carbocycles. The Morgan fingerprint density at radius 2 is 1.20 bits per heavy atom. The van der Waals surface area contributed by atoms with Crippen molar-refractivity contribution in [1.82, 2.24) is 4.98 Å². The van der Waals surface area contributed by atoms with Crippen LogP contribution < -0.4 is 9.80 Å². The summed E-state index contributed by atoms with van der Waals surface area (Å²) < 4.78 is 0. The first-order valence-electron chi connectivity index (χ1n) is 13.8. The molecule has 40 heavy (non-hydrogen) atoms. The fourth-order valence-corrected chi connectivity index (χ4v) is 5.14. The molecule has 0 aliphatic rings. The van der Waals surface area contributed by atoms with Gasteiger partial charge in [-0.3, -0.25) is 0 Å². The van der Waals surface area contributed by atoms with E-state index in [0.717, 1.165) is 63.1 Å². The number of hydrogen-bond donors (Lipinski definition) is 2. The number of anilines is 2. The molecule has 5 rings (SSSR count). The summed E-state index contributed by atoms with van der Waals surface area (Å²) in [4.78, 5) is 9.28. The number of rotatable bonds is 11. The molecule has 0 aliphatic heterocycles. The molecule has 4 aromatic carbocycles. The summed E-state index contributed by atoms with van der Waals surface area (Å²) >= 11 is 0. The van der Waals surface area contributed by atoms with Crippen molar-refractivity contribution in [2.75, 3.05) is 49.2 Å². The third-order valence-electron chi connectivity index (χ3n) is 7.17. The second kappa shape index (κ2) is 12.7. The summed E-state index contributed by atoms with van der Waals surface area (Å²) in [5.74, 6) is 0. The molecule has 7 heteroatoms. The lowest BCUT2D eigenvalue weighted by Gasteiger charge is -2.22. The van der Waals surface area contributed by atoms with Crippen molar-refractivity contribution in [1.29, 1.82) is 0 Å². The Labute approximate surface area is 235 Å². The number of hydrogen-bond acceptors (Lipinski definition) is 7. The van der Waals surface area contributed by atoms with Crippen LogP contribution in [0.15, 0.2) is 101 Å². The van der Waals surface area contributed by atoms with Gasteiger partial charge in [-0.05, 0) is 80.1 Å². The zero-order valence-electron chi connectivity index (χ0n) is 23.0. The summed E-state index contributed by atoms with van der Waals surface area (Å²) in [5.41, 5.74) is 7.73. The number of pyridine rings is 1. The fraction of sp³-hybridized carbons (Fsp3) is 0.242. The number of aliphatic hydroxyl groups is 2. The lowest BCUT2D eigenvalue weighted by atomic mass is 9.95. The van der Waals surface area contributed by atoms with E-state index in [0.29, 0.717) is 13.1 Å². The third-order valence-corrected chi connectivity index (χ3v) is 7.17. The van der Waals surface area contributed by atoms with Crippen molar-refractivity contribution < 1.29 is 10.2 Å². The highest BCUT2D eigenvalue weighted by Crippen LogP contribution is 2.38. The van der Waals surface area contributed by atoms with Crippen LogP contribution in [0.25, 0.3) is 32.9 Å². The van der Waals surface area contributed by atoms with Crippen LogP contribution in [0.3, 0.4) is 0 Å². The minimum Gasteiger partial charge on any atom is -0.395 e. The second-order valence-electron chi connectivity index (χ2n) is 9.58. The van der Waals surface area contributed by atoms with E-state index in [-0.39, 0.29) is 13.2 Å². The van der Waals surface area contributed by atoms with Crippen LogP contribution in [0.1, 0.15) is 13.8 Å². The maximum atomic E-state index is 9.31. The van der Waals surface area contributed by atoms with Crippen molar-refractivity contribution >= 4 is 44.6 Å². The molecule has 0 fully saturated rings. The van der Waals surface area contributed by atoms with Gasteiger partial charge in [0.25, 0.3) is 0 Å². The molecule has 1 aromatic heterocycles. The summed E-state index contributed by atoms with van der Waals surface area (Å²) in [7, 11) is 0. The number of aliphatic hydroxyl groups excluding tert-OH is 2. The van der Waals surface area contributed by atoms with Gasteiger partial charge < -0.3 is 20.0 Å². The van der Waals surface area contributed by atoms with Crippen LogP contribution in [0.5, 0.6) is 0 Å². The standard InChI is InChI=1S/C33H35N5O2/c1-3-37(4-2)28-15-17-32-30(23-28)33(24-8-6-5-7-9-24)29-22-26(12-16-31(29)34-32)36-35-25-10-13-27(14-11-25)38(18-20-39)19-21-40/h5-17,22-23,39-40H,3-4,18-21H2,1-2H3. The highest BCUT2D eigenvalue weighted by molar-refractivity contribution is 6.10. The van der Waals surface area contributed by atoms with E-state index in [4.69, 9.17) is 4.98 Å². The molecule has 0 bridgehead atoms. The van der Waals surface area contributed by atoms with Crippen LogP contribution in [0.4, 0.5) is 22.7 Å². The number of aromatic nitrogens is 1. The van der Waals surface area contributed by atoms with Crippen LogP contribution >= 0.6 is 0 Å². The Hall–Kier alpha value is -4.33. The molecule has 7 nitrogen and oxygen atoms in total. The van der Waals surface area contributed by atoms with Crippen molar-refractivity contribution in [2.24, 2.45) is 10.2 Å². The normalized spacial score (nSPS) is 11.5. The maximum Gasteiger partial charge on any atom is 0.0864 e. The summed E-state index contributed by atoms with van der Waals surface area (Å²) in [6, 6.07) is 30.6. The van der Waals surface area contributed by atoms with Crippen molar-refractivity contribution in [3.05, 3.63) is 91.0 Å². The van der Waals surface area contributed by atoms with Crippen molar-refractivity contribution in [3.8, 4) is 11.1 Å². The molecule has 204 valence electrons. The first kappa shape index (κ1) is 27.2. The molecule has 0 saturated heterocycles. The summed E-state index contributed by atoms with van der Waals surface area (Å²) in [6.45, 7) is 7.20. The SMILES string of the molecule is CCN(CC)c1ccc2nc3ccc(N=Nc4ccc(N(CCO)CCO)cc4)cc3c(-c3ccccc3)c2c1. The van der Waals surface area contributed by atoms with Gasteiger partial charge in [0, 0.05) is 53.9 Å². The molecule has 0 atom stereocenters. The highest BCUT2D eigenvalue weighted by Gasteiger charge is 2.14. The third kappa shape index (κ3) is 5.81. The summed E-state index contributed by atoms with van der Waals surface area (Å²) in [6.07, 6.45) is 0. The molecule has 0 unspecified atom stereocenters. The average molecular weight is 534 g/mol. The van der Waals surface area contributed by atoms with E-state index in [2.05, 4.69) is 77.5 Å². The molecule has 0 saturated carbocycles. The van der Waals surface area contributed by atoms with Gasteiger partial charge in [-0.25, -0.2) is 4.98 Å². The minimum atomic E-state index is 0.0231. The van der Waals surface area contributed by atoms with E-state index < -0.39 is 0 Å². The number of fused-ring (bicyclic) bond motifs is 2. The van der Waals surface area contributed by atoms with Gasteiger partial charge in [-0.1, -0.05) is 30.3 Å². The predicted octanol–water partition coefficient (Wildman–Crippen LogP) is 7.11. The largest absolute Gasteiger partial charge is 0.395 e. The van der Waals surface area contributed by atoms with Gasteiger partial charge in [0.15, 0.2) is 0 Å². The topological polar surface area (TPSA) is 84.6 Å². The quantitative estimate of drug-likeness (QED) is 0.140. The van der Waals surface area contributed by atoms with E-state index in [1.54, 1.807) is 0 Å². The number of azo groups is 1. The Morgan fingerprint density at radius 3 is 1.85 bits per heavy atom. The molecular weight excluding hydrogens is 498 g/mol. The van der Waals surface area contributed by atoms with Gasteiger partial charge in [-0.15, -0.1) is 0 Å². The molecule has 0 radical (unpaired) electrons. The van der Waals surface area contributed by atoms with Gasteiger partial charge in [-0.2, -0.15) is 10.2 Å². The van der Waals surface area contributed by atoms with Gasteiger partial charge in [0.05, 0.1) is 35.6 Å². The molecule has 0 spiro atoms. The van der Waals surface area contributed by atoms with E-state index in [1.807, 2.05) is 47.4 Å². The van der Waals surface area contributed by atoms with Crippen LogP contribution in [-0.4, -0.2) is 54.6 Å². The Morgan fingerprint density at radius 1 is 0.625 bits per heavy atom. The predicted molar refractivity (Wildman–Crippen MR) is 165 cm³/mol. The molecule has 1 heterocycles.